The number of rotatable bonds is 5. The average Bonchev–Trinajstić information content (AvgIpc) is 3.18. The van der Waals surface area contributed by atoms with E-state index in [4.69, 9.17) is 0 Å². The number of aryl methyl sites for hydroxylation is 2. The van der Waals surface area contributed by atoms with Gasteiger partial charge in [0.1, 0.15) is 0 Å². The first-order valence-corrected chi connectivity index (χ1v) is 9.39. The molecule has 3 rings (SSSR count). The minimum atomic E-state index is -3.57. The van der Waals surface area contributed by atoms with Crippen LogP contribution in [0.2, 0.25) is 0 Å². The number of nitrogens with one attached hydrogen (secondary N) is 1. The van der Waals surface area contributed by atoms with Crippen LogP contribution in [0.15, 0.2) is 46.1 Å². The van der Waals surface area contributed by atoms with Crippen LogP contribution in [0.3, 0.4) is 0 Å². The van der Waals surface area contributed by atoms with Gasteiger partial charge in [-0.2, -0.15) is 11.3 Å². The highest BCUT2D eigenvalue weighted by molar-refractivity contribution is 7.89. The molecule has 2 aromatic heterocycles. The highest BCUT2D eigenvalue weighted by atomic mass is 32.2. The van der Waals surface area contributed by atoms with E-state index in [-0.39, 0.29) is 11.4 Å². The Kier molecular flexibility index (Phi) is 4.29. The molecule has 23 heavy (non-hydrogen) atoms. The Balaban J connectivity index is 1.73. The fraction of sp³-hybridized carbons (Fsp3) is 0.200. The van der Waals surface area contributed by atoms with Crippen LogP contribution in [0.25, 0.3) is 5.69 Å². The van der Waals surface area contributed by atoms with E-state index in [2.05, 4.69) is 15.0 Å². The van der Waals surface area contributed by atoms with Gasteiger partial charge in [-0.3, -0.25) is 0 Å². The second kappa shape index (κ2) is 6.23. The molecular weight excluding hydrogens is 332 g/mol. The first kappa shape index (κ1) is 15.9. The summed E-state index contributed by atoms with van der Waals surface area (Å²) < 4.78 is 28.9. The van der Waals surface area contributed by atoms with Crippen molar-refractivity contribution in [3.8, 4) is 5.69 Å². The zero-order valence-corrected chi connectivity index (χ0v) is 14.4. The average molecular weight is 348 g/mol. The van der Waals surface area contributed by atoms with Crippen LogP contribution >= 0.6 is 11.3 Å². The topological polar surface area (TPSA) is 76.9 Å². The third-order valence-electron chi connectivity index (χ3n) is 3.54. The van der Waals surface area contributed by atoms with Gasteiger partial charge in [0.05, 0.1) is 29.0 Å². The quantitative estimate of drug-likeness (QED) is 0.768. The van der Waals surface area contributed by atoms with Gasteiger partial charge in [0.15, 0.2) is 0 Å². The lowest BCUT2D eigenvalue weighted by Gasteiger charge is -2.07. The Morgan fingerprint density at radius 3 is 2.74 bits per heavy atom. The van der Waals surface area contributed by atoms with Crippen molar-refractivity contribution >= 4 is 21.4 Å². The molecule has 1 N–H and O–H groups in total. The molecule has 0 aliphatic carbocycles. The number of nitrogens with zero attached hydrogens (tertiary/aromatic N) is 3. The monoisotopic (exact) mass is 348 g/mol. The number of aromatic nitrogens is 3. The van der Waals surface area contributed by atoms with Gasteiger partial charge in [0.25, 0.3) is 0 Å². The number of hydrogen-bond acceptors (Lipinski definition) is 5. The van der Waals surface area contributed by atoms with E-state index in [9.17, 15) is 8.42 Å². The van der Waals surface area contributed by atoms with Gasteiger partial charge < -0.3 is 0 Å². The third kappa shape index (κ3) is 3.49. The van der Waals surface area contributed by atoms with E-state index in [1.165, 1.54) is 0 Å². The lowest BCUT2D eigenvalue weighted by atomic mass is 10.1. The molecule has 0 radical (unpaired) electrons. The Bertz CT molecular complexity index is 915. The predicted octanol–water partition coefficient (Wildman–Crippen LogP) is 2.42. The molecule has 120 valence electrons. The molecule has 8 heteroatoms. The largest absolute Gasteiger partial charge is 0.240 e. The SMILES string of the molecule is Cc1ccc(S(=O)(=O)NCc2cn(-c3ccsc3)nn2)cc1C. The summed E-state index contributed by atoms with van der Waals surface area (Å²) in [7, 11) is -3.57. The Hall–Kier alpha value is -2.03. The van der Waals surface area contributed by atoms with Gasteiger partial charge in [0, 0.05) is 5.38 Å². The number of hydrogen-bond donors (Lipinski definition) is 1. The lowest BCUT2D eigenvalue weighted by Crippen LogP contribution is -2.23. The fourth-order valence-corrected chi connectivity index (χ4v) is 3.73. The highest BCUT2D eigenvalue weighted by Gasteiger charge is 2.15. The molecule has 0 saturated carbocycles. The van der Waals surface area contributed by atoms with Gasteiger partial charge in [-0.15, -0.1) is 5.10 Å². The standard InChI is InChI=1S/C15H16N4O2S2/c1-11-3-4-15(7-12(11)2)23(20,21)16-8-13-9-19(18-17-13)14-5-6-22-10-14/h3-7,9-10,16H,8H2,1-2H3. The maximum atomic E-state index is 12.3. The molecule has 0 atom stereocenters. The molecule has 0 spiro atoms. The summed E-state index contributed by atoms with van der Waals surface area (Å²) in [5, 5.41) is 11.9. The van der Waals surface area contributed by atoms with E-state index in [0.717, 1.165) is 16.8 Å². The molecule has 2 heterocycles. The number of benzene rings is 1. The van der Waals surface area contributed by atoms with Crippen LogP contribution in [-0.2, 0) is 16.6 Å². The van der Waals surface area contributed by atoms with Crippen molar-refractivity contribution in [1.29, 1.82) is 0 Å². The van der Waals surface area contributed by atoms with Crippen molar-refractivity contribution in [3.63, 3.8) is 0 Å². The van der Waals surface area contributed by atoms with Gasteiger partial charge in [-0.05, 0) is 48.6 Å². The zero-order chi connectivity index (χ0) is 16.4. The summed E-state index contributed by atoms with van der Waals surface area (Å²) in [6, 6.07) is 6.99. The fourth-order valence-electron chi connectivity index (χ4n) is 2.03. The second-order valence-electron chi connectivity index (χ2n) is 5.21. The van der Waals surface area contributed by atoms with Gasteiger partial charge in [-0.25, -0.2) is 17.8 Å². The second-order valence-corrected chi connectivity index (χ2v) is 7.75. The Morgan fingerprint density at radius 2 is 2.04 bits per heavy atom. The van der Waals surface area contributed by atoms with Crippen LogP contribution < -0.4 is 4.72 Å². The molecule has 1 aromatic carbocycles. The summed E-state index contributed by atoms with van der Waals surface area (Å²) in [5.74, 6) is 0. The number of sulfonamides is 1. The van der Waals surface area contributed by atoms with Crippen LogP contribution in [0.4, 0.5) is 0 Å². The van der Waals surface area contributed by atoms with Crippen molar-refractivity contribution in [2.75, 3.05) is 0 Å². The summed E-state index contributed by atoms with van der Waals surface area (Å²) >= 11 is 1.56. The molecular formula is C15H16N4O2S2. The zero-order valence-electron chi connectivity index (χ0n) is 12.7. The molecule has 0 saturated heterocycles. The van der Waals surface area contributed by atoms with Crippen LogP contribution in [0.1, 0.15) is 16.8 Å². The van der Waals surface area contributed by atoms with Crippen LogP contribution in [0.5, 0.6) is 0 Å². The Labute approximate surface area is 138 Å². The van der Waals surface area contributed by atoms with E-state index < -0.39 is 10.0 Å². The minimum Gasteiger partial charge on any atom is -0.220 e. The molecule has 0 aliphatic rings. The predicted molar refractivity (Wildman–Crippen MR) is 89.2 cm³/mol. The Morgan fingerprint density at radius 1 is 1.22 bits per heavy atom. The van der Waals surface area contributed by atoms with Gasteiger partial charge in [-0.1, -0.05) is 11.3 Å². The molecule has 3 aromatic rings. The van der Waals surface area contributed by atoms with E-state index >= 15 is 0 Å². The summed E-state index contributed by atoms with van der Waals surface area (Å²) in [4.78, 5) is 0.255. The summed E-state index contributed by atoms with van der Waals surface area (Å²) in [6.45, 7) is 3.93. The summed E-state index contributed by atoms with van der Waals surface area (Å²) in [6.07, 6.45) is 1.71. The minimum absolute atomic E-state index is 0.0966. The van der Waals surface area contributed by atoms with Crippen molar-refractivity contribution in [2.24, 2.45) is 0 Å². The molecule has 0 amide bonds. The smallest absolute Gasteiger partial charge is 0.220 e. The van der Waals surface area contributed by atoms with Crippen molar-refractivity contribution in [1.82, 2.24) is 19.7 Å². The maximum Gasteiger partial charge on any atom is 0.240 e. The normalized spacial score (nSPS) is 11.7. The number of thiophene rings is 1. The first-order chi connectivity index (χ1) is 11.0. The lowest BCUT2D eigenvalue weighted by molar-refractivity contribution is 0.580. The first-order valence-electron chi connectivity index (χ1n) is 6.96. The summed E-state index contributed by atoms with van der Waals surface area (Å²) in [5.41, 5.74) is 3.47. The van der Waals surface area contributed by atoms with Crippen LogP contribution in [-0.4, -0.2) is 23.4 Å². The molecule has 0 fully saturated rings. The molecule has 0 aliphatic heterocycles. The molecule has 0 bridgehead atoms. The van der Waals surface area contributed by atoms with Crippen molar-refractivity contribution < 1.29 is 8.42 Å². The van der Waals surface area contributed by atoms with Crippen molar-refractivity contribution in [2.45, 2.75) is 25.3 Å². The molecule has 0 unspecified atom stereocenters. The van der Waals surface area contributed by atoms with Crippen LogP contribution in [0, 0.1) is 13.8 Å². The van der Waals surface area contributed by atoms with E-state index in [1.807, 2.05) is 30.7 Å². The van der Waals surface area contributed by atoms with Gasteiger partial charge in [0.2, 0.25) is 10.0 Å². The third-order valence-corrected chi connectivity index (χ3v) is 5.61. The highest BCUT2D eigenvalue weighted by Crippen LogP contribution is 2.15. The van der Waals surface area contributed by atoms with Gasteiger partial charge >= 0.3 is 0 Å². The molecule has 6 nitrogen and oxygen atoms in total. The van der Waals surface area contributed by atoms with E-state index in [1.54, 1.807) is 40.4 Å². The maximum absolute atomic E-state index is 12.3. The van der Waals surface area contributed by atoms with E-state index in [0.29, 0.717) is 5.69 Å². The van der Waals surface area contributed by atoms with Crippen molar-refractivity contribution in [3.05, 3.63) is 58.0 Å².